The Hall–Kier alpha value is -1.40. The number of hydrogen-bond acceptors (Lipinski definition) is 6. The lowest BCUT2D eigenvalue weighted by Crippen LogP contribution is -2.48. The van der Waals surface area contributed by atoms with Crippen LogP contribution in [-0.2, 0) is 0 Å². The quantitative estimate of drug-likeness (QED) is 0.875. The van der Waals surface area contributed by atoms with Gasteiger partial charge in [-0.3, -0.25) is 4.90 Å². The van der Waals surface area contributed by atoms with Crippen molar-refractivity contribution >= 4 is 11.6 Å². The maximum atomic E-state index is 5.82. The van der Waals surface area contributed by atoms with Crippen LogP contribution in [0.4, 0.5) is 11.6 Å². The van der Waals surface area contributed by atoms with Gasteiger partial charge >= 0.3 is 0 Å². The van der Waals surface area contributed by atoms with Gasteiger partial charge in [0.15, 0.2) is 0 Å². The summed E-state index contributed by atoms with van der Waals surface area (Å²) in [6.45, 7) is 11.2. The van der Waals surface area contributed by atoms with Crippen LogP contribution in [0, 0.1) is 6.92 Å². The molecule has 3 rings (SSSR count). The Bertz CT molecular complexity index is 443. The van der Waals surface area contributed by atoms with E-state index in [1.807, 2.05) is 13.0 Å². The predicted octanol–water partition coefficient (Wildman–Crippen LogP) is 0.585. The number of aryl methyl sites for hydroxylation is 1. The van der Waals surface area contributed by atoms with Crippen LogP contribution in [0.2, 0.25) is 0 Å². The number of piperazine rings is 1. The highest BCUT2D eigenvalue weighted by molar-refractivity contribution is 5.47. The van der Waals surface area contributed by atoms with Crippen molar-refractivity contribution in [1.29, 1.82) is 0 Å². The number of rotatable bonds is 4. The van der Waals surface area contributed by atoms with Gasteiger partial charge in [-0.15, -0.1) is 0 Å². The lowest BCUT2D eigenvalue weighted by Gasteiger charge is -2.36. The highest BCUT2D eigenvalue weighted by Gasteiger charge is 2.20. The van der Waals surface area contributed by atoms with Crippen molar-refractivity contribution in [3.05, 3.63) is 11.9 Å². The van der Waals surface area contributed by atoms with Crippen LogP contribution >= 0.6 is 0 Å². The number of anilines is 2. The van der Waals surface area contributed by atoms with Gasteiger partial charge < -0.3 is 15.5 Å². The summed E-state index contributed by atoms with van der Waals surface area (Å²) in [5.74, 6) is 2.29. The Morgan fingerprint density at radius 1 is 0.952 bits per heavy atom. The summed E-state index contributed by atoms with van der Waals surface area (Å²) >= 11 is 0. The Morgan fingerprint density at radius 2 is 1.57 bits per heavy atom. The summed E-state index contributed by atoms with van der Waals surface area (Å²) in [6, 6.07) is 1.88. The van der Waals surface area contributed by atoms with Crippen LogP contribution in [0.3, 0.4) is 0 Å². The van der Waals surface area contributed by atoms with Gasteiger partial charge in [0.25, 0.3) is 0 Å². The average molecular weight is 290 g/mol. The molecule has 1 aromatic heterocycles. The molecule has 6 heteroatoms. The number of nitrogens with two attached hydrogens (primary N) is 1. The molecular formula is C15H26N6. The first-order valence-electron chi connectivity index (χ1n) is 8.01. The summed E-state index contributed by atoms with van der Waals surface area (Å²) in [5.41, 5.74) is 5.82. The summed E-state index contributed by atoms with van der Waals surface area (Å²) in [6.07, 6.45) is 2.75. The summed E-state index contributed by atoms with van der Waals surface area (Å²) in [7, 11) is 0. The number of hydrogen-bond donors (Lipinski definition) is 1. The molecule has 0 spiro atoms. The highest BCUT2D eigenvalue weighted by atomic mass is 15.3. The van der Waals surface area contributed by atoms with Crippen molar-refractivity contribution in [1.82, 2.24) is 19.8 Å². The van der Waals surface area contributed by atoms with Crippen LogP contribution in [-0.4, -0.2) is 72.1 Å². The van der Waals surface area contributed by atoms with Gasteiger partial charge in [-0.2, -0.15) is 0 Å². The molecule has 0 radical (unpaired) electrons. The summed E-state index contributed by atoms with van der Waals surface area (Å²) in [5, 5.41) is 0. The second-order valence-electron chi connectivity index (χ2n) is 6.08. The number of nitrogens with zero attached hydrogens (tertiary/aromatic N) is 5. The molecule has 6 nitrogen and oxygen atoms in total. The van der Waals surface area contributed by atoms with Gasteiger partial charge in [-0.05, 0) is 32.9 Å². The average Bonchev–Trinajstić information content (AvgIpc) is 2.98. The lowest BCUT2D eigenvalue weighted by molar-refractivity contribution is 0.215. The summed E-state index contributed by atoms with van der Waals surface area (Å²) in [4.78, 5) is 16.1. The molecule has 0 bridgehead atoms. The minimum absolute atomic E-state index is 0.564. The van der Waals surface area contributed by atoms with Gasteiger partial charge in [0, 0.05) is 45.3 Å². The smallest absolute Gasteiger partial charge is 0.134 e. The molecule has 2 saturated heterocycles. The van der Waals surface area contributed by atoms with Crippen molar-refractivity contribution in [2.75, 3.05) is 63.0 Å². The SMILES string of the molecule is Cc1nc(N)cc(N2CCN(CCN3CCCC3)CC2)n1. The zero-order chi connectivity index (χ0) is 14.7. The predicted molar refractivity (Wildman–Crippen MR) is 85.5 cm³/mol. The summed E-state index contributed by atoms with van der Waals surface area (Å²) < 4.78 is 0. The molecule has 2 N–H and O–H groups in total. The molecule has 0 unspecified atom stereocenters. The fraction of sp³-hybridized carbons (Fsp3) is 0.733. The molecule has 0 aromatic carbocycles. The molecule has 116 valence electrons. The standard InChI is InChI=1S/C15H26N6/c1-13-17-14(16)12-15(18-13)21-10-8-20(9-11-21)7-6-19-4-2-3-5-19/h12H,2-11H2,1H3,(H2,16,17,18). The lowest BCUT2D eigenvalue weighted by atomic mass is 10.3. The normalized spacial score (nSPS) is 21.1. The van der Waals surface area contributed by atoms with Crippen molar-refractivity contribution in [3.63, 3.8) is 0 Å². The van der Waals surface area contributed by atoms with Crippen molar-refractivity contribution in [2.24, 2.45) is 0 Å². The van der Waals surface area contributed by atoms with Gasteiger partial charge in [0.1, 0.15) is 17.5 Å². The first-order chi connectivity index (χ1) is 10.2. The molecule has 0 atom stereocenters. The van der Waals surface area contributed by atoms with Crippen LogP contribution in [0.1, 0.15) is 18.7 Å². The van der Waals surface area contributed by atoms with Gasteiger partial charge in [-0.1, -0.05) is 0 Å². The zero-order valence-electron chi connectivity index (χ0n) is 13.0. The van der Waals surface area contributed by atoms with E-state index in [1.165, 1.54) is 39.0 Å². The number of nitrogen functional groups attached to an aromatic ring is 1. The van der Waals surface area contributed by atoms with Crippen LogP contribution in [0.5, 0.6) is 0 Å². The van der Waals surface area contributed by atoms with E-state index in [1.54, 1.807) is 0 Å². The van der Waals surface area contributed by atoms with E-state index >= 15 is 0 Å². The van der Waals surface area contributed by atoms with E-state index in [2.05, 4.69) is 24.7 Å². The van der Waals surface area contributed by atoms with E-state index in [0.29, 0.717) is 5.82 Å². The molecule has 2 fully saturated rings. The first kappa shape index (κ1) is 14.5. The molecule has 2 aliphatic rings. The topological polar surface area (TPSA) is 61.5 Å². The largest absolute Gasteiger partial charge is 0.384 e. The van der Waals surface area contributed by atoms with Crippen molar-refractivity contribution < 1.29 is 0 Å². The Balaban J connectivity index is 1.48. The Morgan fingerprint density at radius 3 is 2.19 bits per heavy atom. The van der Waals surface area contributed by atoms with Crippen molar-refractivity contribution in [3.8, 4) is 0 Å². The van der Waals surface area contributed by atoms with Gasteiger partial charge in [0.2, 0.25) is 0 Å². The monoisotopic (exact) mass is 290 g/mol. The first-order valence-corrected chi connectivity index (χ1v) is 8.01. The molecule has 2 aliphatic heterocycles. The fourth-order valence-electron chi connectivity index (χ4n) is 3.23. The molecule has 3 heterocycles. The highest BCUT2D eigenvalue weighted by Crippen LogP contribution is 2.16. The van der Waals surface area contributed by atoms with Crippen LogP contribution in [0.25, 0.3) is 0 Å². The third kappa shape index (κ3) is 3.83. The second-order valence-corrected chi connectivity index (χ2v) is 6.08. The second kappa shape index (κ2) is 6.58. The third-order valence-corrected chi connectivity index (χ3v) is 4.47. The van der Waals surface area contributed by atoms with Crippen LogP contribution < -0.4 is 10.6 Å². The van der Waals surface area contributed by atoms with Gasteiger partial charge in [-0.25, -0.2) is 9.97 Å². The fourth-order valence-corrected chi connectivity index (χ4v) is 3.23. The molecule has 0 saturated carbocycles. The van der Waals surface area contributed by atoms with E-state index < -0.39 is 0 Å². The van der Waals surface area contributed by atoms with E-state index in [-0.39, 0.29) is 0 Å². The minimum Gasteiger partial charge on any atom is -0.384 e. The molecule has 0 aliphatic carbocycles. The van der Waals surface area contributed by atoms with Crippen LogP contribution in [0.15, 0.2) is 6.07 Å². The van der Waals surface area contributed by atoms with Crippen molar-refractivity contribution in [2.45, 2.75) is 19.8 Å². The van der Waals surface area contributed by atoms with E-state index in [4.69, 9.17) is 5.73 Å². The maximum absolute atomic E-state index is 5.82. The molecular weight excluding hydrogens is 264 g/mol. The number of likely N-dealkylation sites (tertiary alicyclic amines) is 1. The number of aromatic nitrogens is 2. The molecule has 0 amide bonds. The molecule has 1 aromatic rings. The van der Waals surface area contributed by atoms with E-state index in [9.17, 15) is 0 Å². The Labute approximate surface area is 126 Å². The Kier molecular flexibility index (Phi) is 4.55. The van der Waals surface area contributed by atoms with Gasteiger partial charge in [0.05, 0.1) is 0 Å². The zero-order valence-corrected chi connectivity index (χ0v) is 13.0. The molecule has 21 heavy (non-hydrogen) atoms. The van der Waals surface area contributed by atoms with E-state index in [0.717, 1.165) is 37.8 Å². The minimum atomic E-state index is 0.564. The maximum Gasteiger partial charge on any atom is 0.134 e. The third-order valence-electron chi connectivity index (χ3n) is 4.47.